The highest BCUT2D eigenvalue weighted by molar-refractivity contribution is 4.74. The molecule has 1 aliphatic carbocycles. The summed E-state index contributed by atoms with van der Waals surface area (Å²) >= 11 is 0. The zero-order chi connectivity index (χ0) is 10.4. The highest BCUT2D eigenvalue weighted by atomic mass is 16.3. The molecule has 84 valence electrons. The van der Waals surface area contributed by atoms with Crippen molar-refractivity contribution in [3.8, 4) is 0 Å². The molecule has 0 aliphatic heterocycles. The normalized spacial score (nSPS) is 30.2. The summed E-state index contributed by atoms with van der Waals surface area (Å²) in [7, 11) is 0. The van der Waals surface area contributed by atoms with E-state index in [1.165, 1.54) is 25.7 Å². The largest absolute Gasteiger partial charge is 0.393 e. The predicted octanol–water partition coefficient (Wildman–Crippen LogP) is 2.32. The lowest BCUT2D eigenvalue weighted by Crippen LogP contribution is -2.34. The van der Waals surface area contributed by atoms with Gasteiger partial charge in [-0.05, 0) is 45.1 Å². The van der Waals surface area contributed by atoms with Gasteiger partial charge in [-0.25, -0.2) is 0 Å². The lowest BCUT2D eigenvalue weighted by molar-refractivity contribution is 0.0997. The number of hydrogen-bond acceptors (Lipinski definition) is 2. The van der Waals surface area contributed by atoms with E-state index < -0.39 is 0 Å². The molecule has 0 heterocycles. The van der Waals surface area contributed by atoms with Crippen LogP contribution in [0.5, 0.6) is 0 Å². The average molecular weight is 199 g/mol. The maximum Gasteiger partial charge on any atom is 0.0543 e. The molecule has 1 rings (SSSR count). The second-order valence-corrected chi connectivity index (χ2v) is 4.78. The van der Waals surface area contributed by atoms with Gasteiger partial charge in [-0.3, -0.25) is 0 Å². The Morgan fingerprint density at radius 2 is 2.21 bits per heavy atom. The summed E-state index contributed by atoms with van der Waals surface area (Å²) in [6.07, 6.45) is 7.00. The predicted molar refractivity (Wildman–Crippen MR) is 60.3 cm³/mol. The molecule has 3 unspecified atom stereocenters. The summed E-state index contributed by atoms with van der Waals surface area (Å²) in [6, 6.07) is 0.638. The Hall–Kier alpha value is -0.0800. The van der Waals surface area contributed by atoms with Crippen LogP contribution in [-0.2, 0) is 0 Å². The third kappa shape index (κ3) is 4.43. The van der Waals surface area contributed by atoms with Crippen LogP contribution < -0.4 is 5.32 Å². The van der Waals surface area contributed by atoms with Crippen LogP contribution in [-0.4, -0.2) is 23.8 Å². The number of aliphatic hydroxyl groups is 1. The SMILES string of the molecule is CCCC(C)NCC1CCCC(O)C1. The minimum atomic E-state index is -0.0305. The molecule has 0 aromatic heterocycles. The highest BCUT2D eigenvalue weighted by Gasteiger charge is 2.19. The van der Waals surface area contributed by atoms with Crippen molar-refractivity contribution in [2.75, 3.05) is 6.54 Å². The smallest absolute Gasteiger partial charge is 0.0543 e. The van der Waals surface area contributed by atoms with Crippen LogP contribution in [0.3, 0.4) is 0 Å². The Morgan fingerprint density at radius 3 is 2.86 bits per heavy atom. The van der Waals surface area contributed by atoms with Gasteiger partial charge in [0.05, 0.1) is 6.10 Å². The van der Waals surface area contributed by atoms with E-state index in [2.05, 4.69) is 19.2 Å². The molecular formula is C12H25NO. The van der Waals surface area contributed by atoms with Gasteiger partial charge in [-0.2, -0.15) is 0 Å². The lowest BCUT2D eigenvalue weighted by Gasteiger charge is -2.27. The molecule has 0 spiro atoms. The number of aliphatic hydroxyl groups excluding tert-OH is 1. The van der Waals surface area contributed by atoms with Gasteiger partial charge < -0.3 is 10.4 Å². The molecule has 14 heavy (non-hydrogen) atoms. The summed E-state index contributed by atoms with van der Waals surface area (Å²) < 4.78 is 0. The van der Waals surface area contributed by atoms with Crippen molar-refractivity contribution in [2.24, 2.45) is 5.92 Å². The van der Waals surface area contributed by atoms with Crippen molar-refractivity contribution in [1.29, 1.82) is 0 Å². The molecule has 0 bridgehead atoms. The quantitative estimate of drug-likeness (QED) is 0.712. The summed E-state index contributed by atoms with van der Waals surface area (Å²) in [6.45, 7) is 5.57. The molecule has 0 amide bonds. The Labute approximate surface area is 88.1 Å². The molecule has 1 aliphatic rings. The fraction of sp³-hybridized carbons (Fsp3) is 1.00. The topological polar surface area (TPSA) is 32.3 Å². The molecule has 1 saturated carbocycles. The van der Waals surface area contributed by atoms with Crippen molar-refractivity contribution in [1.82, 2.24) is 5.32 Å². The molecule has 2 heteroatoms. The fourth-order valence-corrected chi connectivity index (χ4v) is 2.35. The van der Waals surface area contributed by atoms with E-state index >= 15 is 0 Å². The maximum atomic E-state index is 9.52. The van der Waals surface area contributed by atoms with Crippen molar-refractivity contribution < 1.29 is 5.11 Å². The van der Waals surface area contributed by atoms with Gasteiger partial charge in [0.15, 0.2) is 0 Å². The molecule has 0 radical (unpaired) electrons. The first-order valence-corrected chi connectivity index (χ1v) is 6.13. The Bertz CT molecular complexity index is 149. The number of hydrogen-bond donors (Lipinski definition) is 2. The summed E-state index contributed by atoms with van der Waals surface area (Å²) in [5, 5.41) is 13.1. The monoisotopic (exact) mass is 199 g/mol. The third-order valence-electron chi connectivity index (χ3n) is 3.23. The third-order valence-corrected chi connectivity index (χ3v) is 3.23. The van der Waals surface area contributed by atoms with Crippen LogP contribution in [0.15, 0.2) is 0 Å². The van der Waals surface area contributed by atoms with Crippen LogP contribution in [0.25, 0.3) is 0 Å². The molecule has 0 aromatic rings. The van der Waals surface area contributed by atoms with Gasteiger partial charge in [-0.15, -0.1) is 0 Å². The van der Waals surface area contributed by atoms with Crippen molar-refractivity contribution >= 4 is 0 Å². The first kappa shape index (κ1) is 12.0. The molecular weight excluding hydrogens is 174 g/mol. The molecule has 0 saturated heterocycles. The van der Waals surface area contributed by atoms with Gasteiger partial charge >= 0.3 is 0 Å². The van der Waals surface area contributed by atoms with Crippen molar-refractivity contribution in [2.45, 2.75) is 64.5 Å². The van der Waals surface area contributed by atoms with Crippen LogP contribution >= 0.6 is 0 Å². The molecule has 2 nitrogen and oxygen atoms in total. The van der Waals surface area contributed by atoms with Gasteiger partial charge in [0.1, 0.15) is 0 Å². The number of rotatable bonds is 5. The van der Waals surface area contributed by atoms with Crippen molar-refractivity contribution in [3.63, 3.8) is 0 Å². The Morgan fingerprint density at radius 1 is 1.43 bits per heavy atom. The van der Waals surface area contributed by atoms with Gasteiger partial charge in [0.2, 0.25) is 0 Å². The first-order valence-electron chi connectivity index (χ1n) is 6.13. The molecule has 3 atom stereocenters. The second-order valence-electron chi connectivity index (χ2n) is 4.78. The van der Waals surface area contributed by atoms with E-state index in [4.69, 9.17) is 0 Å². The standard InChI is InChI=1S/C12H25NO/c1-3-5-10(2)13-9-11-6-4-7-12(14)8-11/h10-14H,3-9H2,1-2H3. The molecule has 0 aromatic carbocycles. The Balaban J connectivity index is 2.10. The summed E-state index contributed by atoms with van der Waals surface area (Å²) in [4.78, 5) is 0. The van der Waals surface area contributed by atoms with E-state index in [-0.39, 0.29) is 6.10 Å². The highest BCUT2D eigenvalue weighted by Crippen LogP contribution is 2.23. The molecule has 2 N–H and O–H groups in total. The first-order chi connectivity index (χ1) is 6.72. The second kappa shape index (κ2) is 6.41. The van der Waals surface area contributed by atoms with E-state index in [0.717, 1.165) is 19.4 Å². The summed E-state index contributed by atoms with van der Waals surface area (Å²) in [5.74, 6) is 0.707. The van der Waals surface area contributed by atoms with Gasteiger partial charge in [-0.1, -0.05) is 19.8 Å². The molecule has 1 fully saturated rings. The minimum Gasteiger partial charge on any atom is -0.393 e. The lowest BCUT2D eigenvalue weighted by atomic mass is 9.87. The van der Waals surface area contributed by atoms with Crippen LogP contribution in [0.1, 0.15) is 52.4 Å². The van der Waals surface area contributed by atoms with Crippen LogP contribution in [0.2, 0.25) is 0 Å². The fourth-order valence-electron chi connectivity index (χ4n) is 2.35. The van der Waals surface area contributed by atoms with Gasteiger partial charge in [0.25, 0.3) is 0 Å². The Kier molecular flexibility index (Phi) is 5.49. The van der Waals surface area contributed by atoms with Crippen LogP contribution in [0, 0.1) is 5.92 Å². The number of nitrogens with one attached hydrogen (secondary N) is 1. The van der Waals surface area contributed by atoms with E-state index in [1.807, 2.05) is 0 Å². The van der Waals surface area contributed by atoms with Crippen LogP contribution in [0.4, 0.5) is 0 Å². The van der Waals surface area contributed by atoms with Crippen molar-refractivity contribution in [3.05, 3.63) is 0 Å². The van der Waals surface area contributed by atoms with E-state index in [9.17, 15) is 5.11 Å². The zero-order valence-electron chi connectivity index (χ0n) is 9.63. The van der Waals surface area contributed by atoms with E-state index in [1.54, 1.807) is 0 Å². The van der Waals surface area contributed by atoms with Gasteiger partial charge in [0, 0.05) is 6.04 Å². The average Bonchev–Trinajstić information content (AvgIpc) is 2.15. The minimum absolute atomic E-state index is 0.0305. The zero-order valence-corrected chi connectivity index (χ0v) is 9.63. The maximum absolute atomic E-state index is 9.52. The summed E-state index contributed by atoms with van der Waals surface area (Å²) in [5.41, 5.74) is 0. The van der Waals surface area contributed by atoms with E-state index in [0.29, 0.717) is 12.0 Å².